The minimum Gasteiger partial charge on any atom is -0.481 e. The van der Waals surface area contributed by atoms with Gasteiger partial charge in [0.15, 0.2) is 0 Å². The molecule has 3 N–H and O–H groups in total. The Kier molecular flexibility index (Phi) is 10.7. The maximum atomic E-state index is 10.5. The largest absolute Gasteiger partial charge is 0.481 e. The van der Waals surface area contributed by atoms with Gasteiger partial charge in [-0.25, -0.2) is 0 Å². The van der Waals surface area contributed by atoms with Gasteiger partial charge in [0.1, 0.15) is 0 Å². The summed E-state index contributed by atoms with van der Waals surface area (Å²) >= 11 is 0. The molecule has 0 fully saturated rings. The number of nitrogens with two attached hydrogens (primary N) is 1. The first-order valence-electron chi connectivity index (χ1n) is 7.53. The molecule has 0 spiro atoms. The van der Waals surface area contributed by atoms with E-state index in [1.54, 1.807) is 0 Å². The Bertz CT molecular complexity index is 343. The van der Waals surface area contributed by atoms with Crippen LogP contribution in [0, 0.1) is 5.92 Å². The second-order valence-corrected chi connectivity index (χ2v) is 5.28. The molecule has 3 nitrogen and oxygen atoms in total. The van der Waals surface area contributed by atoms with Crippen LogP contribution in [0.5, 0.6) is 0 Å². The highest BCUT2D eigenvalue weighted by Crippen LogP contribution is 2.12. The Morgan fingerprint density at radius 3 is 2.00 bits per heavy atom. The minimum absolute atomic E-state index is 0.102. The zero-order valence-electron chi connectivity index (χ0n) is 13.0. The third-order valence-electron chi connectivity index (χ3n) is 3.02. The van der Waals surface area contributed by atoms with Gasteiger partial charge in [-0.3, -0.25) is 4.79 Å². The molecule has 1 aromatic carbocycles. The molecule has 0 aliphatic heterocycles. The number of benzene rings is 1. The van der Waals surface area contributed by atoms with Crippen molar-refractivity contribution in [2.45, 2.75) is 58.9 Å². The van der Waals surface area contributed by atoms with Crippen LogP contribution in [0.3, 0.4) is 0 Å². The fourth-order valence-electron chi connectivity index (χ4n) is 2.07. The summed E-state index contributed by atoms with van der Waals surface area (Å²) in [5.41, 5.74) is 6.94. The van der Waals surface area contributed by atoms with E-state index in [2.05, 4.69) is 12.1 Å². The average molecular weight is 279 g/mol. The lowest BCUT2D eigenvalue weighted by molar-refractivity contribution is -0.142. The number of hydrogen-bond acceptors (Lipinski definition) is 2. The fraction of sp³-hybridized carbons (Fsp3) is 0.588. The minimum atomic E-state index is -0.635. The molecule has 3 heteroatoms. The van der Waals surface area contributed by atoms with Crippen molar-refractivity contribution in [2.75, 3.05) is 0 Å². The number of carboxylic acid groups (broad SMARTS) is 1. The molecule has 114 valence electrons. The summed E-state index contributed by atoms with van der Waals surface area (Å²) in [7, 11) is 0. The van der Waals surface area contributed by atoms with Crippen LogP contribution in [0.1, 0.15) is 52.0 Å². The van der Waals surface area contributed by atoms with Crippen molar-refractivity contribution in [1.29, 1.82) is 0 Å². The van der Waals surface area contributed by atoms with E-state index in [0.717, 1.165) is 32.1 Å². The van der Waals surface area contributed by atoms with Crippen molar-refractivity contribution < 1.29 is 9.90 Å². The highest BCUT2D eigenvalue weighted by Gasteiger charge is 2.13. The molecule has 0 radical (unpaired) electrons. The molecule has 0 aliphatic carbocycles. The highest BCUT2D eigenvalue weighted by atomic mass is 16.4. The smallest absolute Gasteiger partial charge is 0.306 e. The normalized spacial score (nSPS) is 11.7. The highest BCUT2D eigenvalue weighted by molar-refractivity contribution is 5.69. The first kappa shape index (κ1) is 18.7. The Morgan fingerprint density at radius 2 is 1.65 bits per heavy atom. The van der Waals surface area contributed by atoms with E-state index < -0.39 is 5.97 Å². The number of carbonyl (C=O) groups is 1. The topological polar surface area (TPSA) is 63.3 Å². The fourth-order valence-corrected chi connectivity index (χ4v) is 2.07. The number of aliphatic carboxylic acids is 1. The summed E-state index contributed by atoms with van der Waals surface area (Å²) in [6.07, 6.45) is 4.56. The van der Waals surface area contributed by atoms with Crippen LogP contribution in [0.25, 0.3) is 0 Å². The van der Waals surface area contributed by atoms with Gasteiger partial charge in [0.2, 0.25) is 0 Å². The zero-order chi connectivity index (χ0) is 15.4. The van der Waals surface area contributed by atoms with Gasteiger partial charge in [-0.1, -0.05) is 57.0 Å². The second-order valence-electron chi connectivity index (χ2n) is 5.28. The molecule has 1 aromatic rings. The molecule has 0 saturated heterocycles. The van der Waals surface area contributed by atoms with E-state index in [0.29, 0.717) is 0 Å². The van der Waals surface area contributed by atoms with E-state index in [1.807, 2.05) is 39.0 Å². The van der Waals surface area contributed by atoms with Gasteiger partial charge in [-0.05, 0) is 31.7 Å². The van der Waals surface area contributed by atoms with E-state index >= 15 is 0 Å². The third-order valence-corrected chi connectivity index (χ3v) is 3.02. The molecule has 0 aliphatic rings. The van der Waals surface area contributed by atoms with Crippen LogP contribution >= 0.6 is 0 Å². The molecule has 0 amide bonds. The van der Waals surface area contributed by atoms with E-state index in [1.165, 1.54) is 5.56 Å². The van der Waals surface area contributed by atoms with Gasteiger partial charge < -0.3 is 10.8 Å². The molecule has 1 unspecified atom stereocenters. The Labute approximate surface area is 123 Å². The standard InChI is InChI=1S/C9H13N.C8H16O2/c1-8(10)7-9-5-3-2-4-6-9;1-3-5-7(6-4-2)8(9)10/h2-6,8H,7,10H2,1H3;7H,3-6H2,1-2H3,(H,9,10). The van der Waals surface area contributed by atoms with Crippen molar-refractivity contribution in [1.82, 2.24) is 0 Å². The number of hydrogen-bond donors (Lipinski definition) is 2. The maximum absolute atomic E-state index is 10.5. The van der Waals surface area contributed by atoms with E-state index in [-0.39, 0.29) is 12.0 Å². The van der Waals surface area contributed by atoms with Gasteiger partial charge in [-0.2, -0.15) is 0 Å². The van der Waals surface area contributed by atoms with Crippen molar-refractivity contribution >= 4 is 5.97 Å². The van der Waals surface area contributed by atoms with Crippen molar-refractivity contribution in [3.8, 4) is 0 Å². The van der Waals surface area contributed by atoms with Crippen LogP contribution in [-0.4, -0.2) is 17.1 Å². The first-order valence-corrected chi connectivity index (χ1v) is 7.53. The number of rotatable bonds is 7. The summed E-state index contributed by atoms with van der Waals surface area (Å²) in [5.74, 6) is -0.737. The van der Waals surface area contributed by atoms with Crippen LogP contribution < -0.4 is 5.73 Å². The summed E-state index contributed by atoms with van der Waals surface area (Å²) in [5, 5.41) is 8.64. The Morgan fingerprint density at radius 1 is 1.15 bits per heavy atom. The molecule has 0 bridgehead atoms. The summed E-state index contributed by atoms with van der Waals surface area (Å²) < 4.78 is 0. The molecule has 0 saturated carbocycles. The molecular weight excluding hydrogens is 250 g/mol. The quantitative estimate of drug-likeness (QED) is 0.796. The summed E-state index contributed by atoms with van der Waals surface area (Å²) in [6.45, 7) is 6.06. The molecule has 1 atom stereocenters. The van der Waals surface area contributed by atoms with Crippen molar-refractivity contribution in [3.05, 3.63) is 35.9 Å². The van der Waals surface area contributed by atoms with Gasteiger partial charge in [-0.15, -0.1) is 0 Å². The van der Waals surface area contributed by atoms with Gasteiger partial charge in [0, 0.05) is 6.04 Å². The molecule has 20 heavy (non-hydrogen) atoms. The molecule has 1 rings (SSSR count). The Hall–Kier alpha value is -1.35. The van der Waals surface area contributed by atoms with E-state index in [9.17, 15) is 4.79 Å². The maximum Gasteiger partial charge on any atom is 0.306 e. The molecular formula is C17H29NO2. The van der Waals surface area contributed by atoms with Crippen molar-refractivity contribution in [2.24, 2.45) is 11.7 Å². The van der Waals surface area contributed by atoms with Gasteiger partial charge in [0.05, 0.1) is 5.92 Å². The summed E-state index contributed by atoms with van der Waals surface area (Å²) in [4.78, 5) is 10.5. The predicted molar refractivity (Wildman–Crippen MR) is 84.7 cm³/mol. The average Bonchev–Trinajstić information content (AvgIpc) is 2.39. The SMILES string of the molecule is CC(N)Cc1ccccc1.CCCC(CCC)C(=O)O. The molecule has 0 aromatic heterocycles. The second kappa shape index (κ2) is 11.5. The monoisotopic (exact) mass is 279 g/mol. The van der Waals surface area contributed by atoms with Gasteiger partial charge in [0.25, 0.3) is 0 Å². The lowest BCUT2D eigenvalue weighted by Crippen LogP contribution is -2.17. The summed E-state index contributed by atoms with van der Waals surface area (Å²) in [6, 6.07) is 10.6. The van der Waals surface area contributed by atoms with Crippen LogP contribution in [0.4, 0.5) is 0 Å². The van der Waals surface area contributed by atoms with Gasteiger partial charge >= 0.3 is 5.97 Å². The van der Waals surface area contributed by atoms with E-state index in [4.69, 9.17) is 10.8 Å². The van der Waals surface area contributed by atoms with Crippen molar-refractivity contribution in [3.63, 3.8) is 0 Å². The third kappa shape index (κ3) is 9.56. The first-order chi connectivity index (χ1) is 9.51. The zero-order valence-corrected chi connectivity index (χ0v) is 13.0. The predicted octanol–water partition coefficient (Wildman–Crippen LogP) is 3.86. The lowest BCUT2D eigenvalue weighted by Gasteiger charge is -2.07. The van der Waals surface area contributed by atoms with Crippen LogP contribution in [-0.2, 0) is 11.2 Å². The molecule has 0 heterocycles. The van der Waals surface area contributed by atoms with Crippen LogP contribution in [0.2, 0.25) is 0 Å². The van der Waals surface area contributed by atoms with Crippen LogP contribution in [0.15, 0.2) is 30.3 Å². The number of carboxylic acids is 1. The Balaban J connectivity index is 0.000000361. The lowest BCUT2D eigenvalue weighted by atomic mass is 9.99.